The van der Waals surface area contributed by atoms with E-state index in [0.717, 1.165) is 0 Å². The standard InChI is InChI=1S/C12H15FN2O/c1-3-4-8(2)15-12(16)9-5-6-10(13)11(14)7-9/h3,5-8H,1,4,14H2,2H3,(H,15,16). The summed E-state index contributed by atoms with van der Waals surface area (Å²) in [6.07, 6.45) is 2.41. The number of benzene rings is 1. The van der Waals surface area contributed by atoms with Crippen molar-refractivity contribution in [3.8, 4) is 0 Å². The minimum Gasteiger partial charge on any atom is -0.396 e. The van der Waals surface area contributed by atoms with Gasteiger partial charge in [0.15, 0.2) is 0 Å². The van der Waals surface area contributed by atoms with Gasteiger partial charge >= 0.3 is 0 Å². The molecule has 0 heterocycles. The van der Waals surface area contributed by atoms with Gasteiger partial charge in [-0.05, 0) is 31.5 Å². The molecule has 1 unspecified atom stereocenters. The largest absolute Gasteiger partial charge is 0.396 e. The van der Waals surface area contributed by atoms with E-state index in [-0.39, 0.29) is 17.6 Å². The van der Waals surface area contributed by atoms with Crippen LogP contribution in [-0.4, -0.2) is 11.9 Å². The summed E-state index contributed by atoms with van der Waals surface area (Å²) in [6.45, 7) is 5.45. The second kappa shape index (κ2) is 5.30. The maximum Gasteiger partial charge on any atom is 0.251 e. The molecule has 0 bridgehead atoms. The van der Waals surface area contributed by atoms with Crippen molar-refractivity contribution in [2.24, 2.45) is 0 Å². The number of hydrogen-bond acceptors (Lipinski definition) is 2. The zero-order chi connectivity index (χ0) is 12.1. The van der Waals surface area contributed by atoms with E-state index in [2.05, 4.69) is 11.9 Å². The Labute approximate surface area is 94.1 Å². The number of rotatable bonds is 4. The minimum atomic E-state index is -0.518. The second-order valence-electron chi connectivity index (χ2n) is 3.64. The van der Waals surface area contributed by atoms with Gasteiger partial charge in [-0.25, -0.2) is 4.39 Å². The summed E-state index contributed by atoms with van der Waals surface area (Å²) < 4.78 is 12.9. The molecule has 1 atom stereocenters. The highest BCUT2D eigenvalue weighted by molar-refractivity contribution is 5.95. The Hall–Kier alpha value is -1.84. The molecule has 0 spiro atoms. The number of nitrogens with two attached hydrogens (primary N) is 1. The van der Waals surface area contributed by atoms with Crippen LogP contribution in [0.5, 0.6) is 0 Å². The van der Waals surface area contributed by atoms with E-state index in [4.69, 9.17) is 5.73 Å². The average Bonchev–Trinajstić information content (AvgIpc) is 2.22. The van der Waals surface area contributed by atoms with Crippen molar-refractivity contribution in [1.82, 2.24) is 5.32 Å². The molecule has 16 heavy (non-hydrogen) atoms. The van der Waals surface area contributed by atoms with Crippen molar-refractivity contribution >= 4 is 11.6 Å². The summed E-state index contributed by atoms with van der Waals surface area (Å²) in [5.74, 6) is -0.781. The molecule has 0 aliphatic carbocycles. The third-order valence-electron chi connectivity index (χ3n) is 2.16. The molecule has 0 fully saturated rings. The fraction of sp³-hybridized carbons (Fsp3) is 0.250. The minimum absolute atomic E-state index is 0.00345. The Morgan fingerprint density at radius 2 is 2.38 bits per heavy atom. The van der Waals surface area contributed by atoms with Gasteiger partial charge in [0.25, 0.3) is 5.91 Å². The van der Waals surface area contributed by atoms with Crippen LogP contribution in [0.4, 0.5) is 10.1 Å². The van der Waals surface area contributed by atoms with E-state index in [1.807, 2.05) is 6.92 Å². The van der Waals surface area contributed by atoms with Gasteiger partial charge in [-0.2, -0.15) is 0 Å². The number of hydrogen-bond donors (Lipinski definition) is 2. The van der Waals surface area contributed by atoms with E-state index in [1.165, 1.54) is 18.2 Å². The highest BCUT2D eigenvalue weighted by atomic mass is 19.1. The molecular weight excluding hydrogens is 207 g/mol. The van der Waals surface area contributed by atoms with E-state index in [0.29, 0.717) is 12.0 Å². The van der Waals surface area contributed by atoms with Crippen LogP contribution in [0.2, 0.25) is 0 Å². The van der Waals surface area contributed by atoms with E-state index < -0.39 is 5.82 Å². The molecule has 4 heteroatoms. The van der Waals surface area contributed by atoms with Gasteiger partial charge in [0, 0.05) is 11.6 Å². The summed E-state index contributed by atoms with van der Waals surface area (Å²) in [7, 11) is 0. The molecule has 0 saturated carbocycles. The van der Waals surface area contributed by atoms with Crippen LogP contribution in [0.25, 0.3) is 0 Å². The number of carbonyl (C=O) groups excluding carboxylic acids is 1. The number of nitrogen functional groups attached to an aromatic ring is 1. The van der Waals surface area contributed by atoms with Gasteiger partial charge in [0.2, 0.25) is 0 Å². The van der Waals surface area contributed by atoms with Crippen molar-refractivity contribution < 1.29 is 9.18 Å². The quantitative estimate of drug-likeness (QED) is 0.605. The number of carbonyl (C=O) groups is 1. The van der Waals surface area contributed by atoms with Gasteiger partial charge < -0.3 is 11.1 Å². The number of halogens is 1. The predicted octanol–water partition coefficient (Wildman–Crippen LogP) is 2.10. The normalized spacial score (nSPS) is 11.9. The lowest BCUT2D eigenvalue weighted by molar-refractivity contribution is 0.0940. The number of anilines is 1. The molecular formula is C12H15FN2O. The fourth-order valence-corrected chi connectivity index (χ4v) is 1.30. The van der Waals surface area contributed by atoms with Gasteiger partial charge in [-0.1, -0.05) is 6.08 Å². The highest BCUT2D eigenvalue weighted by Crippen LogP contribution is 2.12. The Bertz CT molecular complexity index is 404. The van der Waals surface area contributed by atoms with E-state index >= 15 is 0 Å². The van der Waals surface area contributed by atoms with Crippen LogP contribution in [-0.2, 0) is 0 Å². The maximum absolute atomic E-state index is 12.9. The first-order chi connectivity index (χ1) is 7.54. The molecule has 1 aromatic rings. The van der Waals surface area contributed by atoms with Crippen LogP contribution in [0.15, 0.2) is 30.9 Å². The lowest BCUT2D eigenvalue weighted by atomic mass is 10.1. The topological polar surface area (TPSA) is 55.1 Å². The fourth-order valence-electron chi connectivity index (χ4n) is 1.30. The monoisotopic (exact) mass is 222 g/mol. The number of nitrogens with one attached hydrogen (secondary N) is 1. The van der Waals surface area contributed by atoms with Crippen LogP contribution in [0, 0.1) is 5.82 Å². The van der Waals surface area contributed by atoms with Crippen molar-refractivity contribution in [2.45, 2.75) is 19.4 Å². The lowest BCUT2D eigenvalue weighted by Crippen LogP contribution is -2.32. The van der Waals surface area contributed by atoms with E-state index in [1.54, 1.807) is 6.08 Å². The summed E-state index contributed by atoms with van der Waals surface area (Å²) in [5, 5.41) is 2.76. The van der Waals surface area contributed by atoms with Crippen molar-refractivity contribution in [3.63, 3.8) is 0 Å². The summed E-state index contributed by atoms with van der Waals surface area (Å²) >= 11 is 0. The van der Waals surface area contributed by atoms with Gasteiger partial charge in [0.1, 0.15) is 5.82 Å². The molecule has 1 aromatic carbocycles. The maximum atomic E-state index is 12.9. The molecule has 3 N–H and O–H groups in total. The zero-order valence-electron chi connectivity index (χ0n) is 9.16. The summed E-state index contributed by atoms with van der Waals surface area (Å²) in [5.41, 5.74) is 5.71. The van der Waals surface area contributed by atoms with Crippen molar-refractivity contribution in [3.05, 3.63) is 42.2 Å². The molecule has 0 radical (unpaired) electrons. The predicted molar refractivity (Wildman–Crippen MR) is 62.6 cm³/mol. The molecule has 1 amide bonds. The third-order valence-corrected chi connectivity index (χ3v) is 2.16. The average molecular weight is 222 g/mol. The van der Waals surface area contributed by atoms with Crippen LogP contribution in [0.3, 0.4) is 0 Å². The zero-order valence-corrected chi connectivity index (χ0v) is 9.16. The third kappa shape index (κ3) is 3.08. The SMILES string of the molecule is C=CCC(C)NC(=O)c1ccc(F)c(N)c1. The molecule has 86 valence electrons. The van der Waals surface area contributed by atoms with Gasteiger partial charge in [0.05, 0.1) is 5.69 Å². The van der Waals surface area contributed by atoms with E-state index in [9.17, 15) is 9.18 Å². The molecule has 0 aliphatic heterocycles. The van der Waals surface area contributed by atoms with Crippen molar-refractivity contribution in [2.75, 3.05) is 5.73 Å². The Kier molecular flexibility index (Phi) is 4.05. The van der Waals surface area contributed by atoms with Crippen LogP contribution < -0.4 is 11.1 Å². The first-order valence-corrected chi connectivity index (χ1v) is 5.01. The first-order valence-electron chi connectivity index (χ1n) is 5.01. The van der Waals surface area contributed by atoms with Crippen LogP contribution >= 0.6 is 0 Å². The molecule has 0 aromatic heterocycles. The lowest BCUT2D eigenvalue weighted by Gasteiger charge is -2.11. The molecule has 3 nitrogen and oxygen atoms in total. The first kappa shape index (κ1) is 12.2. The Morgan fingerprint density at radius 3 is 2.94 bits per heavy atom. The summed E-state index contributed by atoms with van der Waals surface area (Å²) in [4.78, 5) is 11.7. The van der Waals surface area contributed by atoms with Gasteiger partial charge in [-0.15, -0.1) is 6.58 Å². The smallest absolute Gasteiger partial charge is 0.251 e. The Morgan fingerprint density at radius 1 is 1.69 bits per heavy atom. The summed E-state index contributed by atoms with van der Waals surface area (Å²) in [6, 6.07) is 3.91. The number of amides is 1. The van der Waals surface area contributed by atoms with Crippen LogP contribution in [0.1, 0.15) is 23.7 Å². The molecule has 1 rings (SSSR count). The van der Waals surface area contributed by atoms with Crippen molar-refractivity contribution in [1.29, 1.82) is 0 Å². The molecule has 0 aliphatic rings. The Balaban J connectivity index is 2.73. The second-order valence-corrected chi connectivity index (χ2v) is 3.64. The van der Waals surface area contributed by atoms with Gasteiger partial charge in [-0.3, -0.25) is 4.79 Å². The molecule has 0 saturated heterocycles. The highest BCUT2D eigenvalue weighted by Gasteiger charge is 2.10.